The first-order valence-electron chi connectivity index (χ1n) is 8.98. The van der Waals surface area contributed by atoms with Crippen molar-refractivity contribution in [3.05, 3.63) is 51.1 Å². The number of hydrogen-bond acceptors (Lipinski definition) is 6. The molecule has 9 nitrogen and oxygen atoms in total. The SMILES string of the molecule is C=C1C(c2nc3ccc(Br)cc3c(=O)[nH]2)N1C(=O)[C@@H](N=NC(=O)OC)C(C)CC. The summed E-state index contributed by atoms with van der Waals surface area (Å²) < 4.78 is 5.22. The van der Waals surface area contributed by atoms with Gasteiger partial charge in [-0.25, -0.2) is 9.78 Å². The second-order valence-corrected chi connectivity index (χ2v) is 7.65. The Morgan fingerprint density at radius 2 is 2.17 bits per heavy atom. The van der Waals surface area contributed by atoms with E-state index in [4.69, 9.17) is 0 Å². The largest absolute Gasteiger partial charge is 0.451 e. The van der Waals surface area contributed by atoms with Gasteiger partial charge in [0.05, 0.1) is 18.0 Å². The molecule has 3 rings (SSSR count). The summed E-state index contributed by atoms with van der Waals surface area (Å²) in [6.07, 6.45) is -0.222. The van der Waals surface area contributed by atoms with Crippen molar-refractivity contribution in [2.75, 3.05) is 7.11 Å². The van der Waals surface area contributed by atoms with Gasteiger partial charge in [0.15, 0.2) is 6.04 Å². The summed E-state index contributed by atoms with van der Waals surface area (Å²) in [4.78, 5) is 45.4. The van der Waals surface area contributed by atoms with E-state index < -0.39 is 18.2 Å². The van der Waals surface area contributed by atoms with Crippen LogP contribution in [-0.2, 0) is 9.53 Å². The summed E-state index contributed by atoms with van der Waals surface area (Å²) in [5.74, 6) is -0.192. The van der Waals surface area contributed by atoms with E-state index in [9.17, 15) is 14.4 Å². The average Bonchev–Trinajstić information content (AvgIpc) is 3.38. The lowest BCUT2D eigenvalue weighted by Crippen LogP contribution is -2.31. The van der Waals surface area contributed by atoms with Gasteiger partial charge < -0.3 is 9.72 Å². The van der Waals surface area contributed by atoms with Gasteiger partial charge in [-0.2, -0.15) is 5.11 Å². The van der Waals surface area contributed by atoms with Crippen molar-refractivity contribution in [3.8, 4) is 0 Å². The minimum atomic E-state index is -0.876. The minimum absolute atomic E-state index is 0.161. The van der Waals surface area contributed by atoms with Crippen LogP contribution in [0.15, 0.2) is 50.0 Å². The number of aromatic nitrogens is 2. The molecule has 0 radical (unpaired) electrons. The molecule has 10 heteroatoms. The predicted molar refractivity (Wildman–Crippen MR) is 109 cm³/mol. The molecule has 0 saturated carbocycles. The standard InChI is InChI=1S/C19H20BrN5O4/c1-5-9(2)14(23-24-19(28)29-4)18(27)25-10(3)15(25)16-21-13-7-6-11(20)8-12(13)17(26)22-16/h6-9,14-15H,3,5H2,1-2,4H3,(H,21,22,26)/t9?,14-,15?,25?/m0/s1. The van der Waals surface area contributed by atoms with Crippen LogP contribution in [0.1, 0.15) is 32.1 Å². The van der Waals surface area contributed by atoms with Crippen LogP contribution < -0.4 is 5.56 Å². The quantitative estimate of drug-likeness (QED) is 0.537. The first-order chi connectivity index (χ1) is 13.8. The fourth-order valence-corrected chi connectivity index (χ4v) is 3.33. The smallest absolute Gasteiger partial charge is 0.450 e. The van der Waals surface area contributed by atoms with Crippen LogP contribution in [-0.4, -0.2) is 40.0 Å². The Morgan fingerprint density at radius 3 is 2.83 bits per heavy atom. The van der Waals surface area contributed by atoms with Crippen molar-refractivity contribution in [2.45, 2.75) is 32.4 Å². The first-order valence-corrected chi connectivity index (χ1v) is 9.77. The number of ether oxygens (including phenoxy) is 1. The molecule has 1 aromatic heterocycles. The van der Waals surface area contributed by atoms with E-state index in [-0.39, 0.29) is 17.4 Å². The number of carbonyl (C=O) groups is 2. The molecule has 2 unspecified atom stereocenters. The highest BCUT2D eigenvalue weighted by atomic mass is 79.9. The Morgan fingerprint density at radius 1 is 1.45 bits per heavy atom. The zero-order chi connectivity index (χ0) is 21.3. The van der Waals surface area contributed by atoms with Gasteiger partial charge in [0.1, 0.15) is 11.9 Å². The number of carbonyl (C=O) groups excluding carboxylic acids is 2. The number of benzene rings is 1. The van der Waals surface area contributed by atoms with Crippen molar-refractivity contribution in [3.63, 3.8) is 0 Å². The van der Waals surface area contributed by atoms with Gasteiger partial charge in [-0.1, -0.05) is 47.9 Å². The topological polar surface area (TPSA) is 117 Å². The van der Waals surface area contributed by atoms with E-state index in [0.29, 0.717) is 28.8 Å². The van der Waals surface area contributed by atoms with Crippen molar-refractivity contribution in [1.82, 2.24) is 14.9 Å². The first kappa shape index (κ1) is 20.8. The molecule has 2 aromatic rings. The molecular weight excluding hydrogens is 442 g/mol. The molecule has 1 saturated heterocycles. The van der Waals surface area contributed by atoms with Crippen molar-refractivity contribution in [1.29, 1.82) is 0 Å². The Kier molecular flexibility index (Phi) is 5.92. The normalized spacial score (nSPS) is 18.1. The Labute approximate surface area is 175 Å². The van der Waals surface area contributed by atoms with Crippen molar-refractivity contribution in [2.24, 2.45) is 16.1 Å². The molecule has 1 aliphatic heterocycles. The van der Waals surface area contributed by atoms with Crippen LogP contribution in [0.5, 0.6) is 0 Å². The highest BCUT2D eigenvalue weighted by Gasteiger charge is 2.50. The van der Waals surface area contributed by atoms with Crippen LogP contribution in [0.4, 0.5) is 4.79 Å². The molecule has 1 aliphatic rings. The number of nitrogens with one attached hydrogen (secondary N) is 1. The molecule has 1 fully saturated rings. The zero-order valence-corrected chi connectivity index (χ0v) is 17.8. The number of methoxy groups -OCH3 is 1. The second kappa shape index (κ2) is 8.24. The highest BCUT2D eigenvalue weighted by molar-refractivity contribution is 9.10. The van der Waals surface area contributed by atoms with Gasteiger partial charge >= 0.3 is 6.09 Å². The molecule has 152 valence electrons. The molecule has 29 heavy (non-hydrogen) atoms. The summed E-state index contributed by atoms with van der Waals surface area (Å²) in [5, 5.41) is 7.77. The second-order valence-electron chi connectivity index (χ2n) is 6.73. The van der Waals surface area contributed by atoms with E-state index in [2.05, 4.69) is 47.4 Å². The predicted octanol–water partition coefficient (Wildman–Crippen LogP) is 3.72. The molecule has 0 bridgehead atoms. The lowest BCUT2D eigenvalue weighted by molar-refractivity contribution is -0.128. The zero-order valence-electron chi connectivity index (χ0n) is 16.2. The van der Waals surface area contributed by atoms with Crippen LogP contribution >= 0.6 is 15.9 Å². The third-order valence-corrected chi connectivity index (χ3v) is 5.37. The van der Waals surface area contributed by atoms with Gasteiger partial charge in [-0.3, -0.25) is 14.5 Å². The number of nitrogens with zero attached hydrogens (tertiary/aromatic N) is 4. The molecular formula is C19H20BrN5O4. The Balaban J connectivity index is 1.90. The maximum absolute atomic E-state index is 13.0. The minimum Gasteiger partial charge on any atom is -0.450 e. The van der Waals surface area contributed by atoms with Crippen LogP contribution in [0.2, 0.25) is 0 Å². The van der Waals surface area contributed by atoms with Gasteiger partial charge in [-0.05, 0) is 24.1 Å². The monoisotopic (exact) mass is 461 g/mol. The third-order valence-electron chi connectivity index (χ3n) is 4.87. The van der Waals surface area contributed by atoms with Crippen molar-refractivity contribution >= 4 is 38.8 Å². The lowest BCUT2D eigenvalue weighted by atomic mass is 9.99. The number of halogens is 1. The third kappa shape index (κ3) is 4.12. The fourth-order valence-electron chi connectivity index (χ4n) is 2.97. The maximum Gasteiger partial charge on any atom is 0.451 e. The summed E-state index contributed by atoms with van der Waals surface area (Å²) in [5.41, 5.74) is 0.710. The number of azo groups is 1. The van der Waals surface area contributed by atoms with E-state index >= 15 is 0 Å². The summed E-state index contributed by atoms with van der Waals surface area (Å²) in [6, 6.07) is 3.77. The van der Waals surface area contributed by atoms with Crippen LogP contribution in [0.25, 0.3) is 10.9 Å². The summed E-state index contributed by atoms with van der Waals surface area (Å²) in [7, 11) is 1.18. The molecule has 1 aromatic carbocycles. The number of H-pyrrole nitrogens is 1. The van der Waals surface area contributed by atoms with Gasteiger partial charge in [0.25, 0.3) is 11.5 Å². The molecule has 3 atom stereocenters. The Bertz CT molecular complexity index is 1080. The van der Waals surface area contributed by atoms with Crippen LogP contribution in [0, 0.1) is 5.92 Å². The summed E-state index contributed by atoms with van der Waals surface area (Å²) in [6.45, 7) is 7.65. The molecule has 0 spiro atoms. The number of fused-ring (bicyclic) bond motifs is 1. The van der Waals surface area contributed by atoms with Gasteiger partial charge in [-0.15, -0.1) is 0 Å². The van der Waals surface area contributed by atoms with Crippen molar-refractivity contribution < 1.29 is 14.3 Å². The number of aromatic amines is 1. The molecule has 1 N–H and O–H groups in total. The van der Waals surface area contributed by atoms with E-state index in [1.807, 2.05) is 13.8 Å². The number of hydrogen-bond donors (Lipinski definition) is 1. The van der Waals surface area contributed by atoms with Gasteiger partial charge in [0, 0.05) is 10.2 Å². The molecule has 2 amide bonds. The summed E-state index contributed by atoms with van der Waals surface area (Å²) >= 11 is 3.33. The van der Waals surface area contributed by atoms with Crippen LogP contribution in [0.3, 0.4) is 0 Å². The number of rotatable bonds is 5. The number of amides is 2. The highest BCUT2D eigenvalue weighted by Crippen LogP contribution is 2.45. The van der Waals surface area contributed by atoms with Gasteiger partial charge in [0.2, 0.25) is 0 Å². The fraction of sp³-hybridized carbons (Fsp3) is 0.368. The average molecular weight is 462 g/mol. The van der Waals surface area contributed by atoms with E-state index in [1.54, 1.807) is 18.2 Å². The Hall–Kier alpha value is -2.88. The van der Waals surface area contributed by atoms with E-state index in [1.165, 1.54) is 12.0 Å². The lowest BCUT2D eigenvalue weighted by Gasteiger charge is -2.17. The maximum atomic E-state index is 13.0. The van der Waals surface area contributed by atoms with E-state index in [0.717, 1.165) is 4.47 Å². The molecule has 2 heterocycles. The molecule has 0 aliphatic carbocycles.